The first-order valence-corrected chi connectivity index (χ1v) is 5.95. The Morgan fingerprint density at radius 3 is 1.82 bits per heavy atom. The lowest BCUT2D eigenvalue weighted by molar-refractivity contribution is 0.245. The number of fused-ring (bicyclic) bond motifs is 2. The van der Waals surface area contributed by atoms with E-state index in [-0.39, 0.29) is 0 Å². The molecule has 0 radical (unpaired) electrons. The predicted molar refractivity (Wildman–Crippen MR) is 61.3 cm³/mol. The largest absolute Gasteiger partial charge is 0.490 e. The van der Waals surface area contributed by atoms with E-state index in [1.54, 1.807) is 0 Å². The fourth-order valence-corrected chi connectivity index (χ4v) is 1.94. The Balaban J connectivity index is 1.96. The van der Waals surface area contributed by atoms with Gasteiger partial charge in [-0.05, 0) is 36.0 Å². The van der Waals surface area contributed by atoms with Crippen molar-refractivity contribution in [1.82, 2.24) is 10.3 Å². The number of ether oxygens (including phenoxy) is 2. The van der Waals surface area contributed by atoms with Crippen LogP contribution in [0, 0.1) is 0 Å². The van der Waals surface area contributed by atoms with Crippen LogP contribution in [0.1, 0.15) is 25.7 Å². The zero-order valence-electron chi connectivity index (χ0n) is 9.52. The lowest BCUT2D eigenvalue weighted by Gasteiger charge is -2.14. The second-order valence-corrected chi connectivity index (χ2v) is 4.16. The Hall–Kier alpha value is -1.78. The summed E-state index contributed by atoms with van der Waals surface area (Å²) >= 11 is 0. The molecule has 1 aliphatic heterocycles. The maximum Gasteiger partial charge on any atom is 0.163 e. The molecule has 5 heteroatoms. The minimum absolute atomic E-state index is 0.699. The average molecular weight is 234 g/mol. The maximum absolute atomic E-state index is 5.71. The van der Waals surface area contributed by atoms with Gasteiger partial charge in [0.1, 0.15) is 11.0 Å². The van der Waals surface area contributed by atoms with Crippen molar-refractivity contribution in [2.24, 2.45) is 0 Å². The zero-order valence-corrected chi connectivity index (χ0v) is 9.52. The Morgan fingerprint density at radius 2 is 1.29 bits per heavy atom. The number of rotatable bonds is 0. The van der Waals surface area contributed by atoms with Gasteiger partial charge in [-0.15, -0.1) is 0 Å². The van der Waals surface area contributed by atoms with E-state index in [0.29, 0.717) is 24.2 Å². The van der Waals surface area contributed by atoms with Crippen LogP contribution in [0.2, 0.25) is 0 Å². The van der Waals surface area contributed by atoms with Gasteiger partial charge in [0.25, 0.3) is 0 Å². The third kappa shape index (κ3) is 2.18. The Morgan fingerprint density at radius 1 is 0.765 bits per heavy atom. The maximum atomic E-state index is 5.71. The number of hydrogen-bond donors (Lipinski definition) is 0. The van der Waals surface area contributed by atoms with Crippen molar-refractivity contribution < 1.29 is 14.1 Å². The monoisotopic (exact) mass is 234 g/mol. The SMILES string of the molecule is c1c2c(cc3nonc13)OCCCCCCO2. The summed E-state index contributed by atoms with van der Waals surface area (Å²) in [5.41, 5.74) is 1.40. The van der Waals surface area contributed by atoms with Gasteiger partial charge in [0, 0.05) is 12.1 Å². The van der Waals surface area contributed by atoms with Crippen LogP contribution >= 0.6 is 0 Å². The quantitative estimate of drug-likeness (QED) is 0.701. The molecule has 2 heterocycles. The standard InChI is InChI=1S/C12H14N2O3/c1-2-4-6-16-12-8-10-9(13-17-14-10)7-11(12)15-5-3-1/h7-8H,1-6H2. The van der Waals surface area contributed by atoms with Gasteiger partial charge in [-0.25, -0.2) is 4.63 Å². The van der Waals surface area contributed by atoms with Crippen LogP contribution in [0.5, 0.6) is 11.5 Å². The van der Waals surface area contributed by atoms with Crippen LogP contribution in [-0.2, 0) is 0 Å². The first kappa shape index (κ1) is 10.4. The first-order chi connectivity index (χ1) is 8.43. The molecular formula is C12H14N2O3. The highest BCUT2D eigenvalue weighted by molar-refractivity contribution is 5.77. The predicted octanol–water partition coefficient (Wildman–Crippen LogP) is 2.55. The van der Waals surface area contributed by atoms with E-state index in [2.05, 4.69) is 14.9 Å². The fourth-order valence-electron chi connectivity index (χ4n) is 1.94. The summed E-state index contributed by atoms with van der Waals surface area (Å²) in [6.45, 7) is 1.43. The van der Waals surface area contributed by atoms with Crippen molar-refractivity contribution in [2.45, 2.75) is 25.7 Å². The molecule has 0 saturated carbocycles. The number of aromatic nitrogens is 2. The van der Waals surface area contributed by atoms with Gasteiger partial charge in [-0.2, -0.15) is 0 Å². The third-order valence-corrected chi connectivity index (χ3v) is 2.87. The third-order valence-electron chi connectivity index (χ3n) is 2.87. The molecule has 0 spiro atoms. The number of nitrogens with zero attached hydrogens (tertiary/aromatic N) is 2. The Kier molecular flexibility index (Phi) is 2.81. The molecule has 1 aromatic heterocycles. The van der Waals surface area contributed by atoms with Crippen LogP contribution in [0.25, 0.3) is 11.0 Å². The molecule has 1 aromatic carbocycles. The smallest absolute Gasteiger partial charge is 0.163 e. The second-order valence-electron chi connectivity index (χ2n) is 4.16. The van der Waals surface area contributed by atoms with Gasteiger partial charge in [-0.3, -0.25) is 0 Å². The van der Waals surface area contributed by atoms with Gasteiger partial charge < -0.3 is 9.47 Å². The van der Waals surface area contributed by atoms with E-state index in [1.807, 2.05) is 12.1 Å². The molecular weight excluding hydrogens is 220 g/mol. The highest BCUT2D eigenvalue weighted by atomic mass is 16.6. The average Bonchev–Trinajstić information content (AvgIpc) is 2.80. The highest BCUT2D eigenvalue weighted by Gasteiger charge is 2.12. The van der Waals surface area contributed by atoms with Crippen LogP contribution in [0.3, 0.4) is 0 Å². The van der Waals surface area contributed by atoms with Crippen molar-refractivity contribution in [1.29, 1.82) is 0 Å². The van der Waals surface area contributed by atoms with Gasteiger partial charge >= 0.3 is 0 Å². The zero-order chi connectivity index (χ0) is 11.5. The summed E-state index contributed by atoms with van der Waals surface area (Å²) < 4.78 is 16.1. The molecule has 2 aromatic rings. The van der Waals surface area contributed by atoms with Crippen molar-refractivity contribution in [3.63, 3.8) is 0 Å². The molecule has 1 aliphatic rings. The summed E-state index contributed by atoms with van der Waals surface area (Å²) in [5.74, 6) is 1.46. The van der Waals surface area contributed by atoms with Crippen molar-refractivity contribution in [3.8, 4) is 11.5 Å². The molecule has 17 heavy (non-hydrogen) atoms. The molecule has 0 atom stereocenters. The molecule has 90 valence electrons. The molecule has 0 fully saturated rings. The van der Waals surface area contributed by atoms with E-state index < -0.39 is 0 Å². The molecule has 0 saturated heterocycles. The highest BCUT2D eigenvalue weighted by Crippen LogP contribution is 2.32. The van der Waals surface area contributed by atoms with Crippen LogP contribution in [0.15, 0.2) is 16.8 Å². The lowest BCUT2D eigenvalue weighted by atomic mass is 10.2. The van der Waals surface area contributed by atoms with Gasteiger partial charge in [0.05, 0.1) is 13.2 Å². The molecule has 0 N–H and O–H groups in total. The summed E-state index contributed by atoms with van der Waals surface area (Å²) in [7, 11) is 0. The van der Waals surface area contributed by atoms with E-state index in [1.165, 1.54) is 12.8 Å². The molecule has 0 aliphatic carbocycles. The summed E-state index contributed by atoms with van der Waals surface area (Å²) in [6, 6.07) is 3.64. The Bertz CT molecular complexity index is 465. The molecule has 0 unspecified atom stereocenters. The topological polar surface area (TPSA) is 57.4 Å². The van der Waals surface area contributed by atoms with E-state index in [4.69, 9.17) is 9.47 Å². The molecule has 5 nitrogen and oxygen atoms in total. The van der Waals surface area contributed by atoms with Gasteiger partial charge in [-0.1, -0.05) is 0 Å². The summed E-state index contributed by atoms with van der Waals surface area (Å²) in [5, 5.41) is 7.60. The first-order valence-electron chi connectivity index (χ1n) is 5.95. The van der Waals surface area contributed by atoms with Crippen molar-refractivity contribution in [2.75, 3.05) is 13.2 Å². The van der Waals surface area contributed by atoms with Gasteiger partial charge in [0.15, 0.2) is 11.5 Å². The molecule has 0 amide bonds. The van der Waals surface area contributed by atoms with E-state index in [9.17, 15) is 0 Å². The minimum Gasteiger partial charge on any atom is -0.490 e. The van der Waals surface area contributed by atoms with Gasteiger partial charge in [0.2, 0.25) is 0 Å². The lowest BCUT2D eigenvalue weighted by Crippen LogP contribution is -2.05. The number of hydrogen-bond acceptors (Lipinski definition) is 5. The minimum atomic E-state index is 0.699. The second kappa shape index (κ2) is 4.61. The summed E-state index contributed by atoms with van der Waals surface area (Å²) in [6.07, 6.45) is 4.53. The Labute approximate surface area is 98.7 Å². The molecule has 0 bridgehead atoms. The van der Waals surface area contributed by atoms with E-state index in [0.717, 1.165) is 24.3 Å². The van der Waals surface area contributed by atoms with Crippen LogP contribution in [0.4, 0.5) is 0 Å². The van der Waals surface area contributed by atoms with Crippen molar-refractivity contribution in [3.05, 3.63) is 12.1 Å². The fraction of sp³-hybridized carbons (Fsp3) is 0.500. The number of benzene rings is 1. The van der Waals surface area contributed by atoms with Crippen LogP contribution < -0.4 is 9.47 Å². The normalized spacial score (nSPS) is 16.9. The van der Waals surface area contributed by atoms with Crippen molar-refractivity contribution >= 4 is 11.0 Å². The van der Waals surface area contributed by atoms with Crippen LogP contribution in [-0.4, -0.2) is 23.5 Å². The summed E-state index contributed by atoms with van der Waals surface area (Å²) in [4.78, 5) is 0. The van der Waals surface area contributed by atoms with E-state index >= 15 is 0 Å². The molecule has 3 rings (SSSR count).